The Morgan fingerprint density at radius 2 is 2.14 bits per heavy atom. The molecule has 1 amide bonds. The zero-order chi connectivity index (χ0) is 10.7. The van der Waals surface area contributed by atoms with Crippen LogP contribution in [0.15, 0.2) is 12.1 Å². The lowest BCUT2D eigenvalue weighted by molar-refractivity contribution is 0.172. The lowest BCUT2D eigenvalue weighted by atomic mass is 10.3. The average Bonchev–Trinajstić information content (AvgIpc) is 2.09. The molecule has 0 bridgehead atoms. The van der Waals surface area contributed by atoms with Crippen LogP contribution in [0.1, 0.15) is 5.69 Å². The van der Waals surface area contributed by atoms with Gasteiger partial charge in [-0.2, -0.15) is 0 Å². The maximum absolute atomic E-state index is 11.2. The number of pyridine rings is 1. The highest BCUT2D eigenvalue weighted by atomic mass is 16.6. The molecule has 1 heterocycles. The van der Waals surface area contributed by atoms with Crippen LogP contribution >= 0.6 is 0 Å². The summed E-state index contributed by atoms with van der Waals surface area (Å²) >= 11 is 0. The van der Waals surface area contributed by atoms with Crippen LogP contribution < -0.4 is 10.5 Å². The van der Waals surface area contributed by atoms with Crippen molar-refractivity contribution in [2.75, 3.05) is 19.8 Å². The summed E-state index contributed by atoms with van der Waals surface area (Å²) in [6.07, 6.45) is -0.470. The zero-order valence-corrected chi connectivity index (χ0v) is 8.44. The van der Waals surface area contributed by atoms with Gasteiger partial charge in [-0.25, -0.2) is 9.78 Å². The smallest absolute Gasteiger partial charge is 0.406 e. The number of nitrogens with two attached hydrogens (primary N) is 1. The summed E-state index contributed by atoms with van der Waals surface area (Å²) < 4.78 is 4.96. The summed E-state index contributed by atoms with van der Waals surface area (Å²) in [6.45, 7) is 1.81. The molecule has 0 radical (unpaired) electrons. The van der Waals surface area contributed by atoms with E-state index in [0.717, 1.165) is 5.69 Å². The molecule has 76 valence electrons. The summed E-state index contributed by atoms with van der Waals surface area (Å²) in [7, 11) is 3.19. The third kappa shape index (κ3) is 2.35. The van der Waals surface area contributed by atoms with Gasteiger partial charge in [0.15, 0.2) is 11.6 Å². The molecule has 5 nitrogen and oxygen atoms in total. The number of aryl methyl sites for hydroxylation is 1. The van der Waals surface area contributed by atoms with Crippen molar-refractivity contribution in [2.45, 2.75) is 6.92 Å². The third-order valence-electron chi connectivity index (χ3n) is 1.59. The van der Waals surface area contributed by atoms with Crippen LogP contribution in [0.3, 0.4) is 0 Å². The molecule has 1 rings (SSSR count). The Bertz CT molecular complexity index is 350. The number of nitrogens with zero attached hydrogens (tertiary/aromatic N) is 2. The van der Waals surface area contributed by atoms with Crippen molar-refractivity contribution in [3.05, 3.63) is 17.8 Å². The van der Waals surface area contributed by atoms with E-state index in [1.54, 1.807) is 26.2 Å². The molecule has 1 aromatic heterocycles. The predicted octanol–water partition coefficient (Wildman–Crippen LogP) is 1.03. The highest BCUT2D eigenvalue weighted by Crippen LogP contribution is 2.19. The molecule has 0 saturated heterocycles. The van der Waals surface area contributed by atoms with Gasteiger partial charge < -0.3 is 15.4 Å². The summed E-state index contributed by atoms with van der Waals surface area (Å²) in [4.78, 5) is 16.5. The Morgan fingerprint density at radius 1 is 1.50 bits per heavy atom. The molecule has 0 saturated carbocycles. The molecule has 2 N–H and O–H groups in total. The number of anilines is 1. The van der Waals surface area contributed by atoms with E-state index in [-0.39, 0.29) is 11.6 Å². The maximum atomic E-state index is 11.2. The van der Waals surface area contributed by atoms with Crippen molar-refractivity contribution < 1.29 is 9.53 Å². The fourth-order valence-corrected chi connectivity index (χ4v) is 0.836. The lowest BCUT2D eigenvalue weighted by Crippen LogP contribution is -2.25. The van der Waals surface area contributed by atoms with Crippen LogP contribution in [0, 0.1) is 6.92 Å². The molecular weight excluding hydrogens is 182 g/mol. The Morgan fingerprint density at radius 3 is 2.64 bits per heavy atom. The molecule has 0 unspecified atom stereocenters. The van der Waals surface area contributed by atoms with Gasteiger partial charge in [-0.3, -0.25) is 0 Å². The van der Waals surface area contributed by atoms with Gasteiger partial charge in [-0.15, -0.1) is 0 Å². The molecular formula is C9H13N3O2. The van der Waals surface area contributed by atoms with E-state index in [0.29, 0.717) is 0 Å². The van der Waals surface area contributed by atoms with Gasteiger partial charge in [0.1, 0.15) is 0 Å². The van der Waals surface area contributed by atoms with Crippen LogP contribution in [-0.2, 0) is 0 Å². The second-order valence-electron chi connectivity index (χ2n) is 3.10. The molecule has 14 heavy (non-hydrogen) atoms. The second kappa shape index (κ2) is 3.95. The van der Waals surface area contributed by atoms with Crippen molar-refractivity contribution >= 4 is 11.9 Å². The van der Waals surface area contributed by atoms with Gasteiger partial charge in [-0.05, 0) is 19.1 Å². The topological polar surface area (TPSA) is 68.5 Å². The summed E-state index contributed by atoms with van der Waals surface area (Å²) in [6, 6.07) is 3.35. The number of ether oxygens (including phenoxy) is 1. The number of hydrogen-bond donors (Lipinski definition) is 1. The minimum atomic E-state index is -0.470. The zero-order valence-electron chi connectivity index (χ0n) is 8.44. The molecule has 0 aromatic carbocycles. The standard InChI is InChI=1S/C9H13N3O2/c1-6-4-5-7(8(10)11-6)14-9(13)12(2)3/h4-5H,1-3H3,(H2,10,11). The van der Waals surface area contributed by atoms with E-state index >= 15 is 0 Å². The number of carbonyl (C=O) groups is 1. The van der Waals surface area contributed by atoms with E-state index in [9.17, 15) is 4.79 Å². The quantitative estimate of drug-likeness (QED) is 0.726. The van der Waals surface area contributed by atoms with Crippen LogP contribution in [0.2, 0.25) is 0 Å². The number of nitrogen functional groups attached to an aromatic ring is 1. The largest absolute Gasteiger partial charge is 0.414 e. The molecule has 1 aromatic rings. The van der Waals surface area contributed by atoms with Crippen molar-refractivity contribution in [2.24, 2.45) is 0 Å². The Labute approximate surface area is 82.5 Å². The van der Waals surface area contributed by atoms with E-state index < -0.39 is 6.09 Å². The first-order chi connectivity index (χ1) is 6.50. The van der Waals surface area contributed by atoms with Crippen molar-refractivity contribution in [3.63, 3.8) is 0 Å². The molecule has 0 aliphatic rings. The fourth-order valence-electron chi connectivity index (χ4n) is 0.836. The molecule has 0 atom stereocenters. The minimum Gasteiger partial charge on any atom is -0.406 e. The van der Waals surface area contributed by atoms with Crippen molar-refractivity contribution in [1.29, 1.82) is 0 Å². The van der Waals surface area contributed by atoms with Crippen LogP contribution in [0.4, 0.5) is 10.6 Å². The van der Waals surface area contributed by atoms with E-state index in [1.807, 2.05) is 6.92 Å². The highest BCUT2D eigenvalue weighted by molar-refractivity contribution is 5.71. The molecule has 0 fully saturated rings. The summed E-state index contributed by atoms with van der Waals surface area (Å²) in [5.74, 6) is 0.509. The molecule has 5 heteroatoms. The molecule has 0 aliphatic carbocycles. The highest BCUT2D eigenvalue weighted by Gasteiger charge is 2.09. The van der Waals surface area contributed by atoms with Gasteiger partial charge in [-0.1, -0.05) is 0 Å². The number of amides is 1. The summed E-state index contributed by atoms with van der Waals surface area (Å²) in [5.41, 5.74) is 6.35. The monoisotopic (exact) mass is 195 g/mol. The van der Waals surface area contributed by atoms with E-state index in [4.69, 9.17) is 10.5 Å². The number of carbonyl (C=O) groups excluding carboxylic acids is 1. The lowest BCUT2D eigenvalue weighted by Gasteiger charge is -2.11. The van der Waals surface area contributed by atoms with Crippen molar-refractivity contribution in [3.8, 4) is 5.75 Å². The second-order valence-corrected chi connectivity index (χ2v) is 3.10. The summed E-state index contributed by atoms with van der Waals surface area (Å²) in [5, 5.41) is 0. The molecule has 0 aliphatic heterocycles. The van der Waals surface area contributed by atoms with Crippen molar-refractivity contribution in [1.82, 2.24) is 9.88 Å². The van der Waals surface area contributed by atoms with Crippen LogP contribution in [-0.4, -0.2) is 30.1 Å². The van der Waals surface area contributed by atoms with Gasteiger partial charge in [0.2, 0.25) is 0 Å². The maximum Gasteiger partial charge on any atom is 0.414 e. The molecule has 0 spiro atoms. The minimum absolute atomic E-state index is 0.222. The predicted molar refractivity (Wildman–Crippen MR) is 53.1 cm³/mol. The van der Waals surface area contributed by atoms with E-state index in [1.165, 1.54) is 4.90 Å². The normalized spacial score (nSPS) is 9.64. The average molecular weight is 195 g/mol. The van der Waals surface area contributed by atoms with Gasteiger partial charge in [0.25, 0.3) is 0 Å². The first-order valence-electron chi connectivity index (χ1n) is 4.13. The van der Waals surface area contributed by atoms with E-state index in [2.05, 4.69) is 4.98 Å². The number of rotatable bonds is 1. The SMILES string of the molecule is Cc1ccc(OC(=O)N(C)C)c(N)n1. The first kappa shape index (κ1) is 10.3. The van der Waals surface area contributed by atoms with Crippen LogP contribution in [0.5, 0.6) is 5.75 Å². The van der Waals surface area contributed by atoms with Gasteiger partial charge in [0, 0.05) is 19.8 Å². The Balaban J connectivity index is 2.82. The van der Waals surface area contributed by atoms with Gasteiger partial charge >= 0.3 is 6.09 Å². The fraction of sp³-hybridized carbons (Fsp3) is 0.333. The Hall–Kier alpha value is -1.78. The number of aromatic nitrogens is 1. The third-order valence-corrected chi connectivity index (χ3v) is 1.59. The Kier molecular flexibility index (Phi) is 2.91. The first-order valence-corrected chi connectivity index (χ1v) is 4.13. The van der Waals surface area contributed by atoms with Crippen LogP contribution in [0.25, 0.3) is 0 Å². The van der Waals surface area contributed by atoms with Gasteiger partial charge in [0.05, 0.1) is 0 Å². The number of hydrogen-bond acceptors (Lipinski definition) is 4.